The SMILES string of the molecule is CNC(=O)Nc1ccc(NC2CCCC(C)CC2)cc1. The first kappa shape index (κ1) is 14.7. The van der Waals surface area contributed by atoms with Crippen molar-refractivity contribution in [3.63, 3.8) is 0 Å². The molecule has 1 fully saturated rings. The van der Waals surface area contributed by atoms with Gasteiger partial charge >= 0.3 is 6.03 Å². The summed E-state index contributed by atoms with van der Waals surface area (Å²) in [5.74, 6) is 0.862. The van der Waals surface area contributed by atoms with Crippen LogP contribution in [0, 0.1) is 5.92 Å². The fraction of sp³-hybridized carbons (Fsp3) is 0.562. The summed E-state index contributed by atoms with van der Waals surface area (Å²) in [6.45, 7) is 2.35. The number of urea groups is 1. The van der Waals surface area contributed by atoms with E-state index in [0.29, 0.717) is 6.04 Å². The van der Waals surface area contributed by atoms with E-state index in [0.717, 1.165) is 17.3 Å². The minimum Gasteiger partial charge on any atom is -0.382 e. The summed E-state index contributed by atoms with van der Waals surface area (Å²) in [6, 6.07) is 8.30. The van der Waals surface area contributed by atoms with Crippen molar-refractivity contribution in [1.29, 1.82) is 0 Å². The number of anilines is 2. The van der Waals surface area contributed by atoms with Crippen LogP contribution in [0.2, 0.25) is 0 Å². The summed E-state index contributed by atoms with van der Waals surface area (Å²) in [5, 5.41) is 8.91. The molecule has 1 aromatic carbocycles. The Bertz CT molecular complexity index is 430. The van der Waals surface area contributed by atoms with Gasteiger partial charge in [0.15, 0.2) is 0 Å². The Hall–Kier alpha value is -1.71. The van der Waals surface area contributed by atoms with Crippen LogP contribution in [0.1, 0.15) is 39.0 Å². The Balaban J connectivity index is 1.88. The first-order chi connectivity index (χ1) is 9.67. The van der Waals surface area contributed by atoms with Gasteiger partial charge < -0.3 is 16.0 Å². The molecule has 4 heteroatoms. The van der Waals surface area contributed by atoms with Gasteiger partial charge in [0.2, 0.25) is 0 Å². The molecule has 2 atom stereocenters. The van der Waals surface area contributed by atoms with Gasteiger partial charge in [-0.05, 0) is 49.4 Å². The molecule has 2 rings (SSSR count). The lowest BCUT2D eigenvalue weighted by molar-refractivity contribution is 0.254. The van der Waals surface area contributed by atoms with E-state index in [4.69, 9.17) is 0 Å². The van der Waals surface area contributed by atoms with E-state index in [-0.39, 0.29) is 6.03 Å². The zero-order valence-electron chi connectivity index (χ0n) is 12.4. The maximum Gasteiger partial charge on any atom is 0.318 e. The smallest absolute Gasteiger partial charge is 0.318 e. The van der Waals surface area contributed by atoms with Crippen LogP contribution in [0.25, 0.3) is 0 Å². The molecule has 1 aliphatic carbocycles. The average Bonchev–Trinajstić information content (AvgIpc) is 2.66. The summed E-state index contributed by atoms with van der Waals surface area (Å²) in [5.41, 5.74) is 1.94. The Morgan fingerprint density at radius 2 is 1.75 bits per heavy atom. The zero-order chi connectivity index (χ0) is 14.4. The molecule has 3 N–H and O–H groups in total. The van der Waals surface area contributed by atoms with Crippen molar-refractivity contribution < 1.29 is 4.79 Å². The number of rotatable bonds is 3. The lowest BCUT2D eigenvalue weighted by Gasteiger charge is -2.18. The van der Waals surface area contributed by atoms with E-state index >= 15 is 0 Å². The highest BCUT2D eigenvalue weighted by atomic mass is 16.2. The highest BCUT2D eigenvalue weighted by molar-refractivity contribution is 5.89. The lowest BCUT2D eigenvalue weighted by atomic mass is 10.0. The van der Waals surface area contributed by atoms with Gasteiger partial charge in [-0.3, -0.25) is 0 Å². The van der Waals surface area contributed by atoms with Crippen LogP contribution < -0.4 is 16.0 Å². The molecular weight excluding hydrogens is 250 g/mol. The number of nitrogens with one attached hydrogen (secondary N) is 3. The predicted molar refractivity (Wildman–Crippen MR) is 84.2 cm³/mol. The van der Waals surface area contributed by atoms with Gasteiger partial charge in [-0.15, -0.1) is 0 Å². The third kappa shape index (κ3) is 4.44. The molecular formula is C16H25N3O. The molecule has 2 unspecified atom stereocenters. The second-order valence-corrected chi connectivity index (χ2v) is 5.74. The lowest BCUT2D eigenvalue weighted by Crippen LogP contribution is -2.24. The fourth-order valence-corrected chi connectivity index (χ4v) is 2.71. The molecule has 20 heavy (non-hydrogen) atoms. The molecule has 110 valence electrons. The fourth-order valence-electron chi connectivity index (χ4n) is 2.71. The van der Waals surface area contributed by atoms with E-state index in [2.05, 4.69) is 22.9 Å². The minimum absolute atomic E-state index is 0.191. The quantitative estimate of drug-likeness (QED) is 0.735. The molecule has 2 amide bonds. The van der Waals surface area contributed by atoms with E-state index in [1.807, 2.05) is 24.3 Å². The number of hydrogen-bond donors (Lipinski definition) is 3. The number of amides is 2. The summed E-state index contributed by atoms with van der Waals surface area (Å²) in [6.07, 6.45) is 6.48. The maximum absolute atomic E-state index is 11.2. The Labute approximate surface area is 121 Å². The summed E-state index contributed by atoms with van der Waals surface area (Å²) >= 11 is 0. The van der Waals surface area contributed by atoms with Gasteiger partial charge in [0.25, 0.3) is 0 Å². The van der Waals surface area contributed by atoms with Crippen LogP contribution >= 0.6 is 0 Å². The van der Waals surface area contributed by atoms with Crippen LogP contribution in [0.15, 0.2) is 24.3 Å². The number of carbonyl (C=O) groups is 1. The average molecular weight is 275 g/mol. The molecule has 0 aliphatic heterocycles. The van der Waals surface area contributed by atoms with Crippen LogP contribution in [0.3, 0.4) is 0 Å². The van der Waals surface area contributed by atoms with E-state index < -0.39 is 0 Å². The van der Waals surface area contributed by atoms with Crippen molar-refractivity contribution in [2.75, 3.05) is 17.7 Å². The Kier molecular flexibility index (Phi) is 5.27. The predicted octanol–water partition coefficient (Wildman–Crippen LogP) is 3.82. The topological polar surface area (TPSA) is 53.2 Å². The summed E-state index contributed by atoms with van der Waals surface area (Å²) < 4.78 is 0. The largest absolute Gasteiger partial charge is 0.382 e. The standard InChI is InChI=1S/C16H25N3O/c1-12-4-3-5-13(7-6-12)18-14-8-10-15(11-9-14)19-16(20)17-2/h8-13,18H,3-7H2,1-2H3,(H2,17,19,20). The molecule has 1 aromatic rings. The van der Waals surface area contributed by atoms with Gasteiger partial charge in [-0.25, -0.2) is 4.79 Å². The molecule has 1 saturated carbocycles. The van der Waals surface area contributed by atoms with Gasteiger partial charge in [0, 0.05) is 24.5 Å². The normalized spacial score (nSPS) is 22.7. The van der Waals surface area contributed by atoms with Crippen molar-refractivity contribution >= 4 is 17.4 Å². The molecule has 0 aromatic heterocycles. The van der Waals surface area contributed by atoms with Crippen molar-refractivity contribution in [2.45, 2.75) is 45.1 Å². The second kappa shape index (κ2) is 7.17. The van der Waals surface area contributed by atoms with Crippen LogP contribution in [-0.2, 0) is 0 Å². The van der Waals surface area contributed by atoms with Crippen molar-refractivity contribution in [2.24, 2.45) is 5.92 Å². The maximum atomic E-state index is 11.2. The third-order valence-electron chi connectivity index (χ3n) is 4.00. The highest BCUT2D eigenvalue weighted by Gasteiger charge is 2.15. The molecule has 0 radical (unpaired) electrons. The van der Waals surface area contributed by atoms with Gasteiger partial charge in [0.05, 0.1) is 0 Å². The monoisotopic (exact) mass is 275 g/mol. The van der Waals surface area contributed by atoms with Gasteiger partial charge in [-0.1, -0.05) is 19.8 Å². The third-order valence-corrected chi connectivity index (χ3v) is 4.00. The highest BCUT2D eigenvalue weighted by Crippen LogP contribution is 2.25. The van der Waals surface area contributed by atoms with Crippen LogP contribution in [0.5, 0.6) is 0 Å². The Morgan fingerprint density at radius 3 is 2.45 bits per heavy atom. The number of benzene rings is 1. The molecule has 0 heterocycles. The first-order valence-electron chi connectivity index (χ1n) is 7.52. The van der Waals surface area contributed by atoms with Crippen molar-refractivity contribution in [1.82, 2.24) is 5.32 Å². The molecule has 1 aliphatic rings. The summed E-state index contributed by atoms with van der Waals surface area (Å²) in [7, 11) is 1.61. The molecule has 0 saturated heterocycles. The molecule has 0 bridgehead atoms. The van der Waals surface area contributed by atoms with E-state index in [1.165, 1.54) is 32.1 Å². The summed E-state index contributed by atoms with van der Waals surface area (Å²) in [4.78, 5) is 11.2. The number of carbonyl (C=O) groups excluding carboxylic acids is 1. The zero-order valence-corrected chi connectivity index (χ0v) is 12.4. The van der Waals surface area contributed by atoms with Crippen LogP contribution in [0.4, 0.5) is 16.2 Å². The van der Waals surface area contributed by atoms with E-state index in [1.54, 1.807) is 7.05 Å². The molecule has 4 nitrogen and oxygen atoms in total. The van der Waals surface area contributed by atoms with Gasteiger partial charge in [0.1, 0.15) is 0 Å². The van der Waals surface area contributed by atoms with Gasteiger partial charge in [-0.2, -0.15) is 0 Å². The number of hydrogen-bond acceptors (Lipinski definition) is 2. The second-order valence-electron chi connectivity index (χ2n) is 5.74. The Morgan fingerprint density at radius 1 is 1.05 bits per heavy atom. The van der Waals surface area contributed by atoms with Crippen molar-refractivity contribution in [3.05, 3.63) is 24.3 Å². The first-order valence-corrected chi connectivity index (χ1v) is 7.52. The van der Waals surface area contributed by atoms with Crippen LogP contribution in [-0.4, -0.2) is 19.1 Å². The molecule has 0 spiro atoms. The van der Waals surface area contributed by atoms with Crippen molar-refractivity contribution in [3.8, 4) is 0 Å². The minimum atomic E-state index is -0.191. The van der Waals surface area contributed by atoms with E-state index in [9.17, 15) is 4.79 Å².